The van der Waals surface area contributed by atoms with E-state index in [0.717, 1.165) is 44.8 Å². The van der Waals surface area contributed by atoms with E-state index in [1.165, 1.54) is 6.42 Å². The number of pyridine rings is 1. The first-order valence-electron chi connectivity index (χ1n) is 8.06. The highest BCUT2D eigenvalue weighted by Gasteiger charge is 2.41. The van der Waals surface area contributed by atoms with Crippen molar-refractivity contribution in [3.05, 3.63) is 23.9 Å². The van der Waals surface area contributed by atoms with Gasteiger partial charge in [-0.15, -0.1) is 0 Å². The summed E-state index contributed by atoms with van der Waals surface area (Å²) in [5, 5.41) is 9.02. The first-order valence-corrected chi connectivity index (χ1v) is 8.06. The summed E-state index contributed by atoms with van der Waals surface area (Å²) in [7, 11) is 0. The van der Waals surface area contributed by atoms with E-state index in [2.05, 4.69) is 22.9 Å². The second-order valence-electron chi connectivity index (χ2n) is 6.43. The van der Waals surface area contributed by atoms with Gasteiger partial charge in [0, 0.05) is 38.0 Å². The summed E-state index contributed by atoms with van der Waals surface area (Å²) in [6, 6.07) is 7.72. The monoisotopic (exact) mass is 298 g/mol. The van der Waals surface area contributed by atoms with Gasteiger partial charge in [-0.25, -0.2) is 4.98 Å². The molecule has 0 N–H and O–H groups in total. The standard InChI is InChI=1S/C17H22N4O/c1-2-20-12-17(9-7-16(20)22)8-4-10-21(13-17)15-6-3-5-14(11-18)19-15/h3,5-6H,2,4,7-10,12-13H2,1H3. The number of hydrogen-bond donors (Lipinski definition) is 0. The van der Waals surface area contributed by atoms with Crippen LogP contribution in [0.15, 0.2) is 18.2 Å². The Morgan fingerprint density at radius 2 is 2.23 bits per heavy atom. The first kappa shape index (κ1) is 14.8. The molecule has 5 nitrogen and oxygen atoms in total. The molecule has 2 aliphatic rings. The van der Waals surface area contributed by atoms with Crippen LogP contribution in [0.25, 0.3) is 0 Å². The summed E-state index contributed by atoms with van der Waals surface area (Å²) < 4.78 is 0. The average Bonchev–Trinajstić information content (AvgIpc) is 2.57. The molecular weight excluding hydrogens is 276 g/mol. The van der Waals surface area contributed by atoms with Crippen molar-refractivity contribution in [2.75, 3.05) is 31.1 Å². The number of aromatic nitrogens is 1. The number of nitriles is 1. The van der Waals surface area contributed by atoms with Crippen molar-refractivity contribution in [2.24, 2.45) is 5.41 Å². The number of rotatable bonds is 2. The molecule has 0 radical (unpaired) electrons. The number of amides is 1. The van der Waals surface area contributed by atoms with Crippen LogP contribution in [0.4, 0.5) is 5.82 Å². The maximum atomic E-state index is 12.0. The normalized spacial score (nSPS) is 25.4. The fourth-order valence-corrected chi connectivity index (χ4v) is 3.79. The van der Waals surface area contributed by atoms with E-state index >= 15 is 0 Å². The third-order valence-corrected chi connectivity index (χ3v) is 4.96. The molecule has 1 spiro atoms. The highest BCUT2D eigenvalue weighted by Crippen LogP contribution is 2.39. The summed E-state index contributed by atoms with van der Waals surface area (Å²) in [5.74, 6) is 1.17. The molecule has 0 aromatic carbocycles. The predicted octanol–water partition coefficient (Wildman–Crippen LogP) is 2.18. The minimum absolute atomic E-state index is 0.187. The molecule has 2 aliphatic heterocycles. The van der Waals surface area contributed by atoms with Crippen LogP contribution in [0.5, 0.6) is 0 Å². The van der Waals surface area contributed by atoms with E-state index in [1.807, 2.05) is 17.0 Å². The Bertz CT molecular complexity index is 609. The number of carbonyl (C=O) groups is 1. The molecule has 2 saturated heterocycles. The molecule has 0 saturated carbocycles. The minimum atomic E-state index is 0.187. The number of carbonyl (C=O) groups excluding carboxylic acids is 1. The van der Waals surface area contributed by atoms with E-state index in [9.17, 15) is 4.79 Å². The molecular formula is C17H22N4O. The van der Waals surface area contributed by atoms with Crippen molar-refractivity contribution in [2.45, 2.75) is 32.6 Å². The second-order valence-corrected chi connectivity index (χ2v) is 6.43. The summed E-state index contributed by atoms with van der Waals surface area (Å²) in [5.41, 5.74) is 0.651. The lowest BCUT2D eigenvalue weighted by Gasteiger charge is -2.48. The molecule has 5 heteroatoms. The van der Waals surface area contributed by atoms with E-state index in [-0.39, 0.29) is 11.3 Å². The summed E-state index contributed by atoms with van der Waals surface area (Å²) in [6.45, 7) is 5.61. The Balaban J connectivity index is 1.79. The Labute approximate surface area is 131 Å². The van der Waals surface area contributed by atoms with Gasteiger partial charge in [0.2, 0.25) is 5.91 Å². The van der Waals surface area contributed by atoms with Gasteiger partial charge < -0.3 is 9.80 Å². The summed E-state index contributed by atoms with van der Waals surface area (Å²) >= 11 is 0. The van der Waals surface area contributed by atoms with E-state index in [0.29, 0.717) is 12.1 Å². The fraction of sp³-hybridized carbons (Fsp3) is 0.588. The number of piperidine rings is 2. The molecule has 1 aromatic rings. The van der Waals surface area contributed by atoms with Crippen molar-refractivity contribution >= 4 is 11.7 Å². The van der Waals surface area contributed by atoms with Crippen molar-refractivity contribution in [1.82, 2.24) is 9.88 Å². The average molecular weight is 298 g/mol. The third-order valence-electron chi connectivity index (χ3n) is 4.96. The van der Waals surface area contributed by atoms with Crippen molar-refractivity contribution < 1.29 is 4.79 Å². The quantitative estimate of drug-likeness (QED) is 0.839. The van der Waals surface area contributed by atoms with Gasteiger partial charge in [-0.2, -0.15) is 5.26 Å². The van der Waals surface area contributed by atoms with Crippen LogP contribution < -0.4 is 4.90 Å². The highest BCUT2D eigenvalue weighted by molar-refractivity contribution is 5.77. The Morgan fingerprint density at radius 3 is 3.00 bits per heavy atom. The Kier molecular flexibility index (Phi) is 4.02. The first-order chi connectivity index (χ1) is 10.7. The molecule has 3 rings (SSSR count). The van der Waals surface area contributed by atoms with Crippen molar-refractivity contribution in [3.8, 4) is 6.07 Å². The smallest absolute Gasteiger partial charge is 0.222 e. The third kappa shape index (κ3) is 2.78. The minimum Gasteiger partial charge on any atom is -0.356 e. The number of anilines is 1. The van der Waals surface area contributed by atoms with Crippen molar-refractivity contribution in [1.29, 1.82) is 5.26 Å². The zero-order valence-electron chi connectivity index (χ0n) is 13.1. The van der Waals surface area contributed by atoms with Crippen LogP contribution in [0.1, 0.15) is 38.3 Å². The van der Waals surface area contributed by atoms with Crippen LogP contribution in [0.2, 0.25) is 0 Å². The topological polar surface area (TPSA) is 60.2 Å². The molecule has 0 bridgehead atoms. The molecule has 1 atom stereocenters. The van der Waals surface area contributed by atoms with Crippen LogP contribution in [0.3, 0.4) is 0 Å². The van der Waals surface area contributed by atoms with Gasteiger partial charge in [-0.3, -0.25) is 4.79 Å². The lowest BCUT2D eigenvalue weighted by molar-refractivity contribution is -0.137. The highest BCUT2D eigenvalue weighted by atomic mass is 16.2. The summed E-state index contributed by atoms with van der Waals surface area (Å²) in [6.07, 6.45) is 3.92. The van der Waals surface area contributed by atoms with Gasteiger partial charge in [0.25, 0.3) is 0 Å². The fourth-order valence-electron chi connectivity index (χ4n) is 3.79. The Morgan fingerprint density at radius 1 is 1.36 bits per heavy atom. The molecule has 1 amide bonds. The Hall–Kier alpha value is -2.09. The number of likely N-dealkylation sites (tertiary alicyclic amines) is 1. The maximum absolute atomic E-state index is 12.0. The molecule has 116 valence electrons. The molecule has 22 heavy (non-hydrogen) atoms. The van der Waals surface area contributed by atoms with Crippen LogP contribution in [-0.2, 0) is 4.79 Å². The van der Waals surface area contributed by atoms with Gasteiger partial charge >= 0.3 is 0 Å². The maximum Gasteiger partial charge on any atom is 0.222 e. The zero-order chi connectivity index (χ0) is 15.6. The lowest BCUT2D eigenvalue weighted by Crippen LogP contribution is -2.54. The van der Waals surface area contributed by atoms with Crippen molar-refractivity contribution in [3.63, 3.8) is 0 Å². The largest absolute Gasteiger partial charge is 0.356 e. The molecule has 1 aromatic heterocycles. The lowest BCUT2D eigenvalue weighted by atomic mass is 9.73. The van der Waals surface area contributed by atoms with Crippen LogP contribution >= 0.6 is 0 Å². The van der Waals surface area contributed by atoms with Gasteiger partial charge in [0.1, 0.15) is 17.6 Å². The molecule has 0 aliphatic carbocycles. The van der Waals surface area contributed by atoms with Crippen LogP contribution in [0, 0.1) is 16.7 Å². The van der Waals surface area contributed by atoms with Crippen LogP contribution in [-0.4, -0.2) is 42.0 Å². The van der Waals surface area contributed by atoms with Gasteiger partial charge in [0.15, 0.2) is 0 Å². The molecule has 3 heterocycles. The van der Waals surface area contributed by atoms with E-state index < -0.39 is 0 Å². The SMILES string of the molecule is CCN1CC2(CCCN(c3cccc(C#N)n3)C2)CCC1=O. The van der Waals surface area contributed by atoms with Gasteiger partial charge in [-0.1, -0.05) is 6.07 Å². The number of nitrogens with zero attached hydrogens (tertiary/aromatic N) is 4. The van der Waals surface area contributed by atoms with Gasteiger partial charge in [0.05, 0.1) is 0 Å². The zero-order valence-corrected chi connectivity index (χ0v) is 13.1. The number of hydrogen-bond acceptors (Lipinski definition) is 4. The van der Waals surface area contributed by atoms with Gasteiger partial charge in [-0.05, 0) is 38.3 Å². The summed E-state index contributed by atoms with van der Waals surface area (Å²) in [4.78, 5) is 20.7. The molecule has 1 unspecified atom stereocenters. The van der Waals surface area contributed by atoms with E-state index in [4.69, 9.17) is 5.26 Å². The predicted molar refractivity (Wildman–Crippen MR) is 84.3 cm³/mol. The molecule has 2 fully saturated rings. The van der Waals surface area contributed by atoms with E-state index in [1.54, 1.807) is 6.07 Å². The second kappa shape index (κ2) is 5.96.